The van der Waals surface area contributed by atoms with E-state index in [-0.39, 0.29) is 11.7 Å². The van der Waals surface area contributed by atoms with Crippen molar-refractivity contribution in [2.45, 2.75) is 13.0 Å². The lowest BCUT2D eigenvalue weighted by Crippen LogP contribution is -2.33. The largest absolute Gasteiger partial charge is 0.481 e. The van der Waals surface area contributed by atoms with Gasteiger partial charge in [-0.2, -0.15) is 0 Å². The first-order valence-corrected chi connectivity index (χ1v) is 5.17. The van der Waals surface area contributed by atoms with E-state index >= 15 is 0 Å². The number of halogens is 2. The van der Waals surface area contributed by atoms with E-state index in [1.165, 1.54) is 25.2 Å². The van der Waals surface area contributed by atoms with Gasteiger partial charge in [0, 0.05) is 7.05 Å². The number of ether oxygens (including phenoxy) is 1. The van der Waals surface area contributed by atoms with Crippen molar-refractivity contribution >= 4 is 21.8 Å². The lowest BCUT2D eigenvalue weighted by atomic mass is 10.3. The van der Waals surface area contributed by atoms with E-state index in [1.807, 2.05) is 0 Å². The molecule has 1 aromatic rings. The van der Waals surface area contributed by atoms with Crippen LogP contribution in [-0.4, -0.2) is 19.1 Å². The van der Waals surface area contributed by atoms with Crippen LogP contribution in [0.25, 0.3) is 0 Å². The van der Waals surface area contributed by atoms with E-state index in [4.69, 9.17) is 4.74 Å². The first-order chi connectivity index (χ1) is 7.04. The highest BCUT2D eigenvalue weighted by Crippen LogP contribution is 2.22. The molecule has 0 aliphatic rings. The molecule has 15 heavy (non-hydrogen) atoms. The quantitative estimate of drug-likeness (QED) is 0.918. The molecule has 1 atom stereocenters. The predicted octanol–water partition coefficient (Wildman–Crippen LogP) is 2.10. The van der Waals surface area contributed by atoms with Crippen molar-refractivity contribution < 1.29 is 13.9 Å². The number of amides is 1. The molecule has 0 fully saturated rings. The van der Waals surface area contributed by atoms with E-state index in [0.717, 1.165) is 0 Å². The Hall–Kier alpha value is -1.10. The molecule has 0 aliphatic carbocycles. The lowest BCUT2D eigenvalue weighted by molar-refractivity contribution is -0.126. The summed E-state index contributed by atoms with van der Waals surface area (Å²) in [6, 6.07) is 4.23. The van der Waals surface area contributed by atoms with Gasteiger partial charge in [-0.15, -0.1) is 0 Å². The highest BCUT2D eigenvalue weighted by molar-refractivity contribution is 9.10. The smallest absolute Gasteiger partial charge is 0.260 e. The maximum atomic E-state index is 12.9. The normalized spacial score (nSPS) is 12.0. The molecule has 5 heteroatoms. The first kappa shape index (κ1) is 12.0. The summed E-state index contributed by atoms with van der Waals surface area (Å²) >= 11 is 3.03. The average Bonchev–Trinajstić information content (AvgIpc) is 2.22. The summed E-state index contributed by atoms with van der Waals surface area (Å²) in [5.41, 5.74) is 0. The van der Waals surface area contributed by atoms with E-state index in [9.17, 15) is 9.18 Å². The maximum Gasteiger partial charge on any atom is 0.260 e. The second-order valence-electron chi connectivity index (χ2n) is 2.95. The molecule has 0 aliphatic heterocycles. The van der Waals surface area contributed by atoms with Crippen LogP contribution >= 0.6 is 15.9 Å². The molecule has 0 radical (unpaired) electrons. The fraction of sp³-hybridized carbons (Fsp3) is 0.300. The molecule has 1 unspecified atom stereocenters. The van der Waals surface area contributed by atoms with Crippen LogP contribution in [0.3, 0.4) is 0 Å². The van der Waals surface area contributed by atoms with Crippen molar-refractivity contribution in [2.24, 2.45) is 0 Å². The van der Waals surface area contributed by atoms with E-state index in [0.29, 0.717) is 10.2 Å². The Labute approximate surface area is 95.7 Å². The third-order valence-corrected chi connectivity index (χ3v) is 2.43. The third-order valence-electron chi connectivity index (χ3n) is 1.82. The summed E-state index contributed by atoms with van der Waals surface area (Å²) in [6.07, 6.45) is -0.604. The monoisotopic (exact) mass is 275 g/mol. The van der Waals surface area contributed by atoms with Crippen molar-refractivity contribution in [3.8, 4) is 5.75 Å². The van der Waals surface area contributed by atoms with Gasteiger partial charge in [-0.3, -0.25) is 4.79 Å². The summed E-state index contributed by atoms with van der Waals surface area (Å²) in [6.45, 7) is 1.62. The Morgan fingerprint density at radius 3 is 2.80 bits per heavy atom. The minimum atomic E-state index is -0.604. The molecule has 1 aromatic carbocycles. The highest BCUT2D eigenvalue weighted by atomic mass is 79.9. The fourth-order valence-electron chi connectivity index (χ4n) is 1.01. The number of carbonyl (C=O) groups is 1. The molecule has 0 aromatic heterocycles. The number of rotatable bonds is 3. The Balaban J connectivity index is 2.73. The van der Waals surface area contributed by atoms with E-state index < -0.39 is 6.10 Å². The summed E-state index contributed by atoms with van der Waals surface area (Å²) < 4.78 is 18.5. The number of benzene rings is 1. The number of likely N-dealkylation sites (N-methyl/N-ethyl adjacent to an activating group) is 1. The van der Waals surface area contributed by atoms with Crippen molar-refractivity contribution in [2.75, 3.05) is 7.05 Å². The van der Waals surface area contributed by atoms with Crippen molar-refractivity contribution in [3.63, 3.8) is 0 Å². The van der Waals surface area contributed by atoms with Crippen molar-refractivity contribution in [1.29, 1.82) is 0 Å². The van der Waals surface area contributed by atoms with Crippen LogP contribution in [0.1, 0.15) is 6.92 Å². The lowest BCUT2D eigenvalue weighted by Gasteiger charge is -2.13. The van der Waals surface area contributed by atoms with Crippen LogP contribution in [0.4, 0.5) is 4.39 Å². The summed E-state index contributed by atoms with van der Waals surface area (Å²) in [4.78, 5) is 11.1. The van der Waals surface area contributed by atoms with E-state index in [2.05, 4.69) is 21.2 Å². The number of hydrogen-bond donors (Lipinski definition) is 1. The van der Waals surface area contributed by atoms with Crippen molar-refractivity contribution in [1.82, 2.24) is 5.32 Å². The van der Waals surface area contributed by atoms with Gasteiger partial charge in [-0.25, -0.2) is 4.39 Å². The zero-order valence-electron chi connectivity index (χ0n) is 8.38. The standard InChI is InChI=1S/C10H11BrFNO2/c1-6(10(14)13-2)15-7-3-4-9(12)8(11)5-7/h3-6H,1-2H3,(H,13,14). The molecular formula is C10H11BrFNO2. The van der Waals surface area contributed by atoms with Gasteiger partial charge in [0.15, 0.2) is 6.10 Å². The molecular weight excluding hydrogens is 265 g/mol. The molecule has 3 nitrogen and oxygen atoms in total. The summed E-state index contributed by atoms with van der Waals surface area (Å²) in [5, 5.41) is 2.46. The van der Waals surface area contributed by atoms with Crippen LogP contribution in [0.2, 0.25) is 0 Å². The molecule has 0 heterocycles. The number of hydrogen-bond acceptors (Lipinski definition) is 2. The molecule has 1 N–H and O–H groups in total. The second-order valence-corrected chi connectivity index (χ2v) is 3.80. The number of nitrogens with one attached hydrogen (secondary N) is 1. The average molecular weight is 276 g/mol. The molecule has 0 saturated carbocycles. The van der Waals surface area contributed by atoms with Crippen LogP contribution in [-0.2, 0) is 4.79 Å². The Morgan fingerprint density at radius 1 is 1.60 bits per heavy atom. The molecule has 0 bridgehead atoms. The predicted molar refractivity (Wildman–Crippen MR) is 58.3 cm³/mol. The van der Waals surface area contributed by atoms with Gasteiger partial charge >= 0.3 is 0 Å². The van der Waals surface area contributed by atoms with Crippen LogP contribution in [0.5, 0.6) is 5.75 Å². The van der Waals surface area contributed by atoms with Crippen LogP contribution in [0.15, 0.2) is 22.7 Å². The van der Waals surface area contributed by atoms with Gasteiger partial charge in [0.25, 0.3) is 5.91 Å². The Kier molecular flexibility index (Phi) is 4.08. The Bertz CT molecular complexity index is 370. The minimum absolute atomic E-state index is 0.226. The van der Waals surface area contributed by atoms with Gasteiger partial charge in [0.05, 0.1) is 4.47 Å². The number of carbonyl (C=O) groups excluding carboxylic acids is 1. The molecule has 0 saturated heterocycles. The summed E-state index contributed by atoms with van der Waals surface area (Å²) in [7, 11) is 1.53. The Morgan fingerprint density at radius 2 is 2.27 bits per heavy atom. The third kappa shape index (κ3) is 3.20. The second kappa shape index (κ2) is 5.11. The highest BCUT2D eigenvalue weighted by Gasteiger charge is 2.12. The molecule has 1 rings (SSSR count). The van der Waals surface area contributed by atoms with Crippen LogP contribution in [0, 0.1) is 5.82 Å². The van der Waals surface area contributed by atoms with E-state index in [1.54, 1.807) is 6.92 Å². The van der Waals surface area contributed by atoms with Gasteiger partial charge in [-0.1, -0.05) is 0 Å². The van der Waals surface area contributed by atoms with Crippen LogP contribution < -0.4 is 10.1 Å². The maximum absolute atomic E-state index is 12.9. The zero-order valence-corrected chi connectivity index (χ0v) is 9.97. The molecule has 82 valence electrons. The minimum Gasteiger partial charge on any atom is -0.481 e. The SMILES string of the molecule is CNC(=O)C(C)Oc1ccc(F)c(Br)c1. The topological polar surface area (TPSA) is 38.3 Å². The summed E-state index contributed by atoms with van der Waals surface area (Å²) in [5.74, 6) is -0.148. The zero-order chi connectivity index (χ0) is 11.4. The fourth-order valence-corrected chi connectivity index (χ4v) is 1.37. The van der Waals surface area contributed by atoms with Gasteiger partial charge in [0.1, 0.15) is 11.6 Å². The van der Waals surface area contributed by atoms with Gasteiger partial charge in [0.2, 0.25) is 0 Å². The van der Waals surface area contributed by atoms with Gasteiger partial charge in [-0.05, 0) is 41.1 Å². The molecule has 0 spiro atoms. The van der Waals surface area contributed by atoms with Gasteiger partial charge < -0.3 is 10.1 Å². The first-order valence-electron chi connectivity index (χ1n) is 4.38. The molecule has 1 amide bonds. The van der Waals surface area contributed by atoms with Crippen molar-refractivity contribution in [3.05, 3.63) is 28.5 Å².